The van der Waals surface area contributed by atoms with Crippen LogP contribution in [0.5, 0.6) is 0 Å². The third-order valence-corrected chi connectivity index (χ3v) is 0.742. The monoisotopic (exact) mass is 144 g/mol. The maximum atomic E-state index is 10.5. The van der Waals surface area contributed by atoms with Gasteiger partial charge in [0.2, 0.25) is 0 Å². The van der Waals surface area contributed by atoms with Gasteiger partial charge in [0.25, 0.3) is 5.78 Å². The molecule has 0 rings (SSSR count). The molecule has 0 aliphatic rings. The second-order valence-corrected chi connectivity index (χ2v) is 1.39. The molecule has 0 aliphatic carbocycles. The van der Waals surface area contributed by atoms with Crippen LogP contribution < -0.4 is 0 Å². The van der Waals surface area contributed by atoms with Crippen molar-refractivity contribution in [2.75, 3.05) is 14.2 Å². The smallest absolute Gasteiger partial charge is 0.378 e. The lowest BCUT2D eigenvalue weighted by Crippen LogP contribution is -2.12. The van der Waals surface area contributed by atoms with Crippen LogP contribution in [0.3, 0.4) is 0 Å². The number of hydrogen-bond donors (Lipinski definition) is 0. The van der Waals surface area contributed by atoms with Crippen LogP contribution in [-0.2, 0) is 19.1 Å². The molecule has 0 radical (unpaired) electrons. The highest BCUT2D eigenvalue weighted by Gasteiger charge is 2.08. The number of carbonyl (C=O) groups excluding carboxylic acids is 2. The Hall–Kier alpha value is -1.32. The summed E-state index contributed by atoms with van der Waals surface area (Å²) in [7, 11) is 2.52. The van der Waals surface area contributed by atoms with Gasteiger partial charge in [0.1, 0.15) is 0 Å². The summed E-state index contributed by atoms with van der Waals surface area (Å²) in [6.45, 7) is 0. The van der Waals surface area contributed by atoms with Crippen LogP contribution in [0.4, 0.5) is 0 Å². The second kappa shape index (κ2) is 4.55. The highest BCUT2D eigenvalue weighted by atomic mass is 16.5. The van der Waals surface area contributed by atoms with Gasteiger partial charge in [-0.05, 0) is 0 Å². The predicted molar refractivity (Wildman–Crippen MR) is 33.2 cm³/mol. The van der Waals surface area contributed by atoms with Crippen molar-refractivity contribution in [3.8, 4) is 0 Å². The molecule has 0 N–H and O–H groups in total. The summed E-state index contributed by atoms with van der Waals surface area (Å²) >= 11 is 0. The van der Waals surface area contributed by atoms with E-state index >= 15 is 0 Å². The summed E-state index contributed by atoms with van der Waals surface area (Å²) in [5.41, 5.74) is 0. The molecule has 0 bridgehead atoms. The molecule has 0 heterocycles. The van der Waals surface area contributed by atoms with Crippen LogP contribution >= 0.6 is 0 Å². The van der Waals surface area contributed by atoms with E-state index in [1.807, 2.05) is 0 Å². The zero-order chi connectivity index (χ0) is 7.98. The Labute approximate surface area is 58.4 Å². The fourth-order valence-electron chi connectivity index (χ4n) is 0.298. The number of rotatable bonds is 3. The number of carbonyl (C=O) groups is 2. The minimum absolute atomic E-state index is 0.732. The zero-order valence-corrected chi connectivity index (χ0v) is 5.79. The zero-order valence-electron chi connectivity index (χ0n) is 5.79. The summed E-state index contributed by atoms with van der Waals surface area (Å²) < 4.78 is 8.51. The van der Waals surface area contributed by atoms with E-state index in [9.17, 15) is 9.59 Å². The van der Waals surface area contributed by atoms with Crippen molar-refractivity contribution < 1.29 is 19.1 Å². The minimum atomic E-state index is -0.895. The molecule has 0 amide bonds. The van der Waals surface area contributed by atoms with E-state index in [-0.39, 0.29) is 0 Å². The van der Waals surface area contributed by atoms with Crippen molar-refractivity contribution in [3.63, 3.8) is 0 Å². The van der Waals surface area contributed by atoms with Gasteiger partial charge in [0, 0.05) is 6.08 Å². The highest BCUT2D eigenvalue weighted by Crippen LogP contribution is 1.81. The Kier molecular flexibility index (Phi) is 3.95. The molecule has 0 fully saturated rings. The Morgan fingerprint density at radius 3 is 2.30 bits per heavy atom. The first kappa shape index (κ1) is 8.68. The van der Waals surface area contributed by atoms with Gasteiger partial charge in [-0.25, -0.2) is 4.79 Å². The van der Waals surface area contributed by atoms with Gasteiger partial charge in [0.15, 0.2) is 0 Å². The predicted octanol–water partition coefficient (Wildman–Crippen LogP) is -0.111. The number of hydrogen-bond acceptors (Lipinski definition) is 4. The third-order valence-electron chi connectivity index (χ3n) is 0.742. The van der Waals surface area contributed by atoms with Gasteiger partial charge in [-0.1, -0.05) is 0 Å². The lowest BCUT2D eigenvalue weighted by molar-refractivity contribution is -0.149. The quantitative estimate of drug-likeness (QED) is 0.240. The summed E-state index contributed by atoms with van der Waals surface area (Å²) in [4.78, 5) is 20.8. The van der Waals surface area contributed by atoms with Crippen molar-refractivity contribution >= 4 is 11.8 Å². The third kappa shape index (κ3) is 2.86. The van der Waals surface area contributed by atoms with Crippen molar-refractivity contribution in [2.24, 2.45) is 0 Å². The van der Waals surface area contributed by atoms with Gasteiger partial charge in [-0.3, -0.25) is 4.79 Å². The maximum Gasteiger partial charge on any atom is 0.378 e. The number of methoxy groups -OCH3 is 2. The molecule has 0 aromatic rings. The number of esters is 1. The van der Waals surface area contributed by atoms with Gasteiger partial charge in [0.05, 0.1) is 20.5 Å². The molecule has 10 heavy (non-hydrogen) atoms. The van der Waals surface area contributed by atoms with Gasteiger partial charge >= 0.3 is 5.97 Å². The molecular formula is C6H8O4. The van der Waals surface area contributed by atoms with Crippen LogP contribution in [0, 0.1) is 0 Å². The van der Waals surface area contributed by atoms with Crippen LogP contribution in [0.15, 0.2) is 12.3 Å². The summed E-state index contributed by atoms with van der Waals surface area (Å²) in [5.74, 6) is -1.63. The molecule has 0 spiro atoms. The van der Waals surface area contributed by atoms with Crippen molar-refractivity contribution in [1.82, 2.24) is 0 Å². The number of ketones is 1. The number of ether oxygens (including phenoxy) is 2. The summed E-state index contributed by atoms with van der Waals surface area (Å²) in [6.07, 6.45) is 2.10. The van der Waals surface area contributed by atoms with Crippen LogP contribution in [0.1, 0.15) is 0 Å². The van der Waals surface area contributed by atoms with Crippen molar-refractivity contribution in [2.45, 2.75) is 0 Å². The van der Waals surface area contributed by atoms with Crippen LogP contribution in [0.2, 0.25) is 0 Å². The molecule has 0 aromatic heterocycles. The van der Waals surface area contributed by atoms with E-state index in [2.05, 4.69) is 9.47 Å². The highest BCUT2D eigenvalue weighted by molar-refractivity contribution is 6.38. The average molecular weight is 144 g/mol. The Bertz CT molecular complexity index is 159. The first-order valence-corrected chi connectivity index (χ1v) is 2.54. The fraction of sp³-hybridized carbons (Fsp3) is 0.333. The minimum Gasteiger partial charge on any atom is -0.504 e. The lowest BCUT2D eigenvalue weighted by atomic mass is 10.4. The summed E-state index contributed by atoms with van der Waals surface area (Å²) in [6, 6.07) is 0. The normalized spacial score (nSPS) is 9.40. The Balaban J connectivity index is 3.85. The molecule has 4 nitrogen and oxygen atoms in total. The van der Waals surface area contributed by atoms with Crippen molar-refractivity contribution in [1.29, 1.82) is 0 Å². The molecule has 0 atom stereocenters. The fourth-order valence-corrected chi connectivity index (χ4v) is 0.298. The molecule has 0 aliphatic heterocycles. The van der Waals surface area contributed by atoms with Gasteiger partial charge < -0.3 is 9.47 Å². The summed E-state index contributed by atoms with van der Waals surface area (Å²) in [5, 5.41) is 0. The van der Waals surface area contributed by atoms with Crippen molar-refractivity contribution in [3.05, 3.63) is 12.3 Å². The largest absolute Gasteiger partial charge is 0.504 e. The van der Waals surface area contributed by atoms with E-state index < -0.39 is 11.8 Å². The standard InChI is InChI=1S/C6H8O4/c1-9-4-3-5(7)6(8)10-2/h3-4H,1-2H3/b4-3+. The van der Waals surface area contributed by atoms with Crippen LogP contribution in [-0.4, -0.2) is 26.0 Å². The first-order chi connectivity index (χ1) is 4.72. The van der Waals surface area contributed by atoms with Gasteiger partial charge in [-0.15, -0.1) is 0 Å². The lowest BCUT2D eigenvalue weighted by Gasteiger charge is -1.90. The Morgan fingerprint density at radius 1 is 1.30 bits per heavy atom. The van der Waals surface area contributed by atoms with E-state index in [0.717, 1.165) is 19.4 Å². The molecule has 0 saturated carbocycles. The Morgan fingerprint density at radius 2 is 1.90 bits per heavy atom. The topological polar surface area (TPSA) is 52.6 Å². The van der Waals surface area contributed by atoms with E-state index in [1.165, 1.54) is 7.11 Å². The molecule has 56 valence electrons. The van der Waals surface area contributed by atoms with Crippen LogP contribution in [0.25, 0.3) is 0 Å². The molecular weight excluding hydrogens is 136 g/mol. The molecule has 0 unspecified atom stereocenters. The maximum absolute atomic E-state index is 10.5. The van der Waals surface area contributed by atoms with E-state index in [0.29, 0.717) is 0 Å². The second-order valence-electron chi connectivity index (χ2n) is 1.39. The SMILES string of the molecule is CO/C=C/C(=O)C(=O)OC. The molecule has 0 saturated heterocycles. The molecule has 0 aromatic carbocycles. The van der Waals surface area contributed by atoms with E-state index in [1.54, 1.807) is 0 Å². The van der Waals surface area contributed by atoms with E-state index in [4.69, 9.17) is 0 Å². The average Bonchev–Trinajstić information content (AvgIpc) is 1.98. The van der Waals surface area contributed by atoms with Gasteiger partial charge in [-0.2, -0.15) is 0 Å². The molecule has 4 heteroatoms. The first-order valence-electron chi connectivity index (χ1n) is 2.54.